The Kier molecular flexibility index (Phi) is 3.53. The van der Waals surface area contributed by atoms with Gasteiger partial charge in [-0.1, -0.05) is 20.8 Å². The predicted molar refractivity (Wildman–Crippen MR) is 58.1 cm³/mol. The fourth-order valence-electron chi connectivity index (χ4n) is 1.76. The van der Waals surface area contributed by atoms with Gasteiger partial charge in [0.05, 0.1) is 0 Å². The molecule has 3 heteroatoms. The summed E-state index contributed by atoms with van der Waals surface area (Å²) in [5.41, 5.74) is -0.211. The van der Waals surface area contributed by atoms with Crippen molar-refractivity contribution in [3.05, 3.63) is 0 Å². The van der Waals surface area contributed by atoms with Crippen molar-refractivity contribution in [1.29, 1.82) is 0 Å². The molecule has 1 unspecified atom stereocenters. The average Bonchev–Trinajstić information content (AvgIpc) is 2.68. The molecule has 1 saturated heterocycles. The van der Waals surface area contributed by atoms with Crippen molar-refractivity contribution < 1.29 is 4.79 Å². The van der Waals surface area contributed by atoms with E-state index in [1.807, 2.05) is 25.8 Å². The highest BCUT2D eigenvalue weighted by molar-refractivity contribution is 5.82. The fraction of sp³-hybridized carbons (Fsp3) is 0.909. The maximum Gasteiger partial charge on any atom is 0.228 e. The van der Waals surface area contributed by atoms with E-state index in [9.17, 15) is 4.79 Å². The summed E-state index contributed by atoms with van der Waals surface area (Å²) in [6, 6.07) is 0.397. The van der Waals surface area contributed by atoms with Gasteiger partial charge >= 0.3 is 0 Å². The van der Waals surface area contributed by atoms with Crippen molar-refractivity contribution >= 4 is 5.91 Å². The van der Waals surface area contributed by atoms with Crippen molar-refractivity contribution in [2.45, 2.75) is 39.7 Å². The van der Waals surface area contributed by atoms with Crippen LogP contribution >= 0.6 is 0 Å². The number of carbonyl (C=O) groups is 1. The largest absolute Gasteiger partial charge is 0.341 e. The van der Waals surface area contributed by atoms with Crippen LogP contribution in [0.1, 0.15) is 33.6 Å². The number of hydrogen-bond donors (Lipinski definition) is 1. The van der Waals surface area contributed by atoms with Gasteiger partial charge in [0.2, 0.25) is 5.91 Å². The third-order valence-electron chi connectivity index (χ3n) is 3.37. The molecule has 1 atom stereocenters. The van der Waals surface area contributed by atoms with E-state index in [1.165, 1.54) is 0 Å². The van der Waals surface area contributed by atoms with Gasteiger partial charge in [0.25, 0.3) is 0 Å². The molecule has 0 bridgehead atoms. The van der Waals surface area contributed by atoms with Gasteiger partial charge in [0.1, 0.15) is 0 Å². The zero-order valence-corrected chi connectivity index (χ0v) is 9.76. The number of carbonyl (C=O) groups excluding carboxylic acids is 1. The molecule has 0 radical (unpaired) electrons. The van der Waals surface area contributed by atoms with Crippen LogP contribution in [0.15, 0.2) is 0 Å². The second-order valence-corrected chi connectivity index (χ2v) is 4.80. The lowest BCUT2D eigenvalue weighted by atomic mass is 9.88. The molecular weight excluding hydrogens is 176 g/mol. The molecule has 0 aromatic rings. The Morgan fingerprint density at radius 2 is 2.21 bits per heavy atom. The van der Waals surface area contributed by atoms with E-state index < -0.39 is 0 Å². The van der Waals surface area contributed by atoms with Gasteiger partial charge in [-0.05, 0) is 19.4 Å². The first-order valence-electron chi connectivity index (χ1n) is 5.47. The molecule has 0 spiro atoms. The Morgan fingerprint density at radius 1 is 1.57 bits per heavy atom. The van der Waals surface area contributed by atoms with Crippen molar-refractivity contribution in [3.8, 4) is 0 Å². The molecule has 82 valence electrons. The van der Waals surface area contributed by atoms with Crippen LogP contribution in [0.5, 0.6) is 0 Å². The molecule has 1 fully saturated rings. The zero-order valence-electron chi connectivity index (χ0n) is 9.76. The van der Waals surface area contributed by atoms with Gasteiger partial charge in [-0.15, -0.1) is 0 Å². The quantitative estimate of drug-likeness (QED) is 0.740. The Balaban J connectivity index is 2.59. The topological polar surface area (TPSA) is 32.3 Å². The van der Waals surface area contributed by atoms with Crippen LogP contribution in [0.2, 0.25) is 0 Å². The van der Waals surface area contributed by atoms with Crippen LogP contribution < -0.4 is 5.32 Å². The normalized spacial score (nSPS) is 22.4. The molecule has 0 aliphatic carbocycles. The molecule has 1 aliphatic rings. The number of nitrogens with one attached hydrogen (secondary N) is 1. The second kappa shape index (κ2) is 4.30. The third kappa shape index (κ3) is 2.27. The van der Waals surface area contributed by atoms with Crippen LogP contribution in [0.4, 0.5) is 0 Å². The van der Waals surface area contributed by atoms with E-state index in [-0.39, 0.29) is 11.3 Å². The van der Waals surface area contributed by atoms with E-state index in [4.69, 9.17) is 0 Å². The summed E-state index contributed by atoms with van der Waals surface area (Å²) in [5.74, 6) is 0.272. The highest BCUT2D eigenvalue weighted by Gasteiger charge is 2.32. The lowest BCUT2D eigenvalue weighted by Crippen LogP contribution is -2.45. The predicted octanol–water partition coefficient (Wildman–Crippen LogP) is 1.24. The van der Waals surface area contributed by atoms with Crippen LogP contribution in [0, 0.1) is 5.41 Å². The Hall–Kier alpha value is -0.570. The monoisotopic (exact) mass is 198 g/mol. The molecule has 0 saturated carbocycles. The van der Waals surface area contributed by atoms with Crippen molar-refractivity contribution in [2.75, 3.05) is 20.1 Å². The van der Waals surface area contributed by atoms with Crippen LogP contribution in [0.3, 0.4) is 0 Å². The lowest BCUT2D eigenvalue weighted by Gasteiger charge is -2.32. The van der Waals surface area contributed by atoms with Crippen molar-refractivity contribution in [3.63, 3.8) is 0 Å². The summed E-state index contributed by atoms with van der Waals surface area (Å²) in [4.78, 5) is 14.0. The average molecular weight is 198 g/mol. The minimum Gasteiger partial charge on any atom is -0.341 e. The smallest absolute Gasteiger partial charge is 0.228 e. The van der Waals surface area contributed by atoms with E-state index in [2.05, 4.69) is 12.2 Å². The highest BCUT2D eigenvalue weighted by atomic mass is 16.2. The minimum absolute atomic E-state index is 0.211. The maximum absolute atomic E-state index is 12.1. The fourth-order valence-corrected chi connectivity index (χ4v) is 1.76. The van der Waals surface area contributed by atoms with Crippen molar-refractivity contribution in [1.82, 2.24) is 10.2 Å². The van der Waals surface area contributed by atoms with Crippen LogP contribution in [-0.4, -0.2) is 37.0 Å². The van der Waals surface area contributed by atoms with Gasteiger partial charge in [-0.2, -0.15) is 0 Å². The summed E-state index contributed by atoms with van der Waals surface area (Å²) < 4.78 is 0. The molecule has 1 rings (SSSR count). The number of nitrogens with zero attached hydrogens (tertiary/aromatic N) is 1. The molecule has 1 N–H and O–H groups in total. The lowest BCUT2D eigenvalue weighted by molar-refractivity contribution is -0.141. The molecule has 1 heterocycles. The summed E-state index contributed by atoms with van der Waals surface area (Å²) in [6.07, 6.45) is 1.98. The number of hydrogen-bond acceptors (Lipinski definition) is 2. The van der Waals surface area contributed by atoms with E-state index >= 15 is 0 Å². The molecular formula is C11H22N2O. The maximum atomic E-state index is 12.1. The Labute approximate surface area is 86.9 Å². The molecule has 3 nitrogen and oxygen atoms in total. The number of amides is 1. The van der Waals surface area contributed by atoms with E-state index in [1.54, 1.807) is 0 Å². The molecule has 14 heavy (non-hydrogen) atoms. The summed E-state index contributed by atoms with van der Waals surface area (Å²) in [6.45, 7) is 8.10. The van der Waals surface area contributed by atoms with Gasteiger partial charge < -0.3 is 10.2 Å². The summed E-state index contributed by atoms with van der Waals surface area (Å²) in [7, 11) is 1.93. The number of likely N-dealkylation sites (N-methyl/N-ethyl adjacent to an activating group) is 1. The van der Waals surface area contributed by atoms with Gasteiger partial charge in [0.15, 0.2) is 0 Å². The Morgan fingerprint density at radius 3 is 2.64 bits per heavy atom. The second-order valence-electron chi connectivity index (χ2n) is 4.80. The van der Waals surface area contributed by atoms with Gasteiger partial charge in [0, 0.05) is 25.0 Å². The summed E-state index contributed by atoms with van der Waals surface area (Å²) >= 11 is 0. The highest BCUT2D eigenvalue weighted by Crippen LogP contribution is 2.24. The standard InChI is InChI=1S/C11H22N2O/c1-5-11(2,3)10(14)13(4)9-6-7-12-8-9/h9,12H,5-8H2,1-4H3. The Bertz CT molecular complexity index is 207. The zero-order chi connectivity index (χ0) is 10.8. The van der Waals surface area contributed by atoms with E-state index in [0.29, 0.717) is 6.04 Å². The van der Waals surface area contributed by atoms with E-state index in [0.717, 1.165) is 25.9 Å². The number of rotatable bonds is 3. The van der Waals surface area contributed by atoms with Crippen LogP contribution in [0.25, 0.3) is 0 Å². The van der Waals surface area contributed by atoms with Crippen molar-refractivity contribution in [2.24, 2.45) is 5.41 Å². The third-order valence-corrected chi connectivity index (χ3v) is 3.37. The van der Waals surface area contributed by atoms with Gasteiger partial charge in [-0.3, -0.25) is 4.79 Å². The molecule has 0 aromatic heterocycles. The van der Waals surface area contributed by atoms with Crippen LogP contribution in [-0.2, 0) is 4.79 Å². The molecule has 1 amide bonds. The first-order valence-corrected chi connectivity index (χ1v) is 5.47. The first-order chi connectivity index (χ1) is 6.49. The SMILES string of the molecule is CCC(C)(C)C(=O)N(C)C1CCNC1. The van der Waals surface area contributed by atoms with Gasteiger partial charge in [-0.25, -0.2) is 0 Å². The minimum atomic E-state index is -0.211. The molecule has 1 aliphatic heterocycles. The summed E-state index contributed by atoms with van der Waals surface area (Å²) in [5, 5.41) is 3.28. The molecule has 0 aromatic carbocycles. The first kappa shape index (κ1) is 11.5.